The van der Waals surface area contributed by atoms with Gasteiger partial charge in [0.2, 0.25) is 10.0 Å². The predicted molar refractivity (Wildman–Crippen MR) is 158 cm³/mol. The van der Waals surface area contributed by atoms with Crippen molar-refractivity contribution in [3.05, 3.63) is 30.1 Å². The molecule has 39 heavy (non-hydrogen) atoms. The minimum Gasteiger partial charge on any atom is -0.325 e. The lowest BCUT2D eigenvalue weighted by atomic mass is 9.77. The van der Waals surface area contributed by atoms with Crippen LogP contribution in [0.25, 0.3) is 11.0 Å². The summed E-state index contributed by atoms with van der Waals surface area (Å²) in [5.74, 6) is 3.79. The zero-order valence-corrected chi connectivity index (χ0v) is 24.8. The Hall–Kier alpha value is -1.48. The van der Waals surface area contributed by atoms with Crippen molar-refractivity contribution in [3.8, 4) is 0 Å². The summed E-state index contributed by atoms with van der Waals surface area (Å²) < 4.78 is 28.2. The van der Waals surface area contributed by atoms with Gasteiger partial charge in [-0.05, 0) is 81.4 Å². The molecule has 216 valence electrons. The molecule has 2 bridgehead atoms. The van der Waals surface area contributed by atoms with Gasteiger partial charge in [-0.25, -0.2) is 18.1 Å². The van der Waals surface area contributed by atoms with E-state index in [4.69, 9.17) is 4.98 Å². The molecule has 1 aromatic heterocycles. The molecule has 4 aliphatic rings. The zero-order chi connectivity index (χ0) is 26.8. The van der Waals surface area contributed by atoms with Gasteiger partial charge >= 0.3 is 0 Å². The van der Waals surface area contributed by atoms with Gasteiger partial charge < -0.3 is 14.4 Å². The van der Waals surface area contributed by atoms with Gasteiger partial charge in [-0.3, -0.25) is 0 Å². The van der Waals surface area contributed by atoms with E-state index in [0.29, 0.717) is 18.5 Å². The Bertz CT molecular complexity index is 1190. The van der Waals surface area contributed by atoms with E-state index in [-0.39, 0.29) is 0 Å². The van der Waals surface area contributed by atoms with E-state index >= 15 is 0 Å². The highest BCUT2D eigenvalue weighted by Crippen LogP contribution is 2.41. The number of likely N-dealkylation sites (tertiary alicyclic amines) is 2. The molecule has 2 saturated carbocycles. The quantitative estimate of drug-likeness (QED) is 0.505. The summed E-state index contributed by atoms with van der Waals surface area (Å²) in [7, 11) is -3.13. The smallest absolute Gasteiger partial charge is 0.208 e. The first-order valence-electron chi connectivity index (χ1n) is 15.8. The van der Waals surface area contributed by atoms with Crippen LogP contribution in [-0.2, 0) is 16.4 Å². The maximum absolute atomic E-state index is 11.5. The van der Waals surface area contributed by atoms with Crippen molar-refractivity contribution in [2.75, 3.05) is 45.5 Å². The van der Waals surface area contributed by atoms with Crippen molar-refractivity contribution in [2.24, 2.45) is 17.8 Å². The van der Waals surface area contributed by atoms with Crippen LogP contribution in [0, 0.1) is 17.8 Å². The Labute approximate surface area is 235 Å². The van der Waals surface area contributed by atoms with E-state index in [1.807, 2.05) is 0 Å². The van der Waals surface area contributed by atoms with Gasteiger partial charge in [0.25, 0.3) is 0 Å². The van der Waals surface area contributed by atoms with E-state index in [0.717, 1.165) is 49.4 Å². The number of hydrogen-bond acceptors (Lipinski definition) is 5. The third-order valence-electron chi connectivity index (χ3n) is 10.3. The van der Waals surface area contributed by atoms with Crippen LogP contribution in [0.15, 0.2) is 24.3 Å². The largest absolute Gasteiger partial charge is 0.325 e. The fourth-order valence-corrected chi connectivity index (χ4v) is 8.95. The summed E-state index contributed by atoms with van der Waals surface area (Å²) in [4.78, 5) is 10.5. The molecular weight excluding hydrogens is 506 g/mol. The molecular formula is C31H49N5O2S. The van der Waals surface area contributed by atoms with Gasteiger partial charge in [-0.15, -0.1) is 0 Å². The number of rotatable bonds is 8. The highest BCUT2D eigenvalue weighted by Gasteiger charge is 2.35. The normalized spacial score (nSPS) is 30.0. The molecule has 3 heterocycles. The number of fused-ring (bicyclic) bond motifs is 3. The zero-order valence-electron chi connectivity index (χ0n) is 23.9. The molecule has 1 N–H and O–H groups in total. The Morgan fingerprint density at radius 1 is 0.897 bits per heavy atom. The van der Waals surface area contributed by atoms with E-state index < -0.39 is 10.0 Å². The van der Waals surface area contributed by atoms with Crippen molar-refractivity contribution in [1.82, 2.24) is 24.1 Å². The van der Waals surface area contributed by atoms with Gasteiger partial charge in [0.15, 0.2) is 0 Å². The van der Waals surface area contributed by atoms with Crippen molar-refractivity contribution in [3.63, 3.8) is 0 Å². The van der Waals surface area contributed by atoms with Crippen molar-refractivity contribution >= 4 is 21.1 Å². The first-order chi connectivity index (χ1) is 18.9. The number of nitrogens with zero attached hydrogens (tertiary/aromatic N) is 4. The highest BCUT2D eigenvalue weighted by molar-refractivity contribution is 7.88. The maximum atomic E-state index is 11.5. The molecule has 2 aliphatic heterocycles. The lowest BCUT2D eigenvalue weighted by Gasteiger charge is -2.43. The molecule has 1 aromatic carbocycles. The number of piperidine rings is 2. The average molecular weight is 556 g/mol. The van der Waals surface area contributed by atoms with Crippen LogP contribution in [0.1, 0.15) is 82.5 Å². The number of sulfonamides is 1. The van der Waals surface area contributed by atoms with Crippen LogP contribution in [0.4, 0.5) is 0 Å². The van der Waals surface area contributed by atoms with Gasteiger partial charge in [0, 0.05) is 51.2 Å². The number of aromatic nitrogens is 2. The Morgan fingerprint density at radius 3 is 2.38 bits per heavy atom. The highest BCUT2D eigenvalue weighted by atomic mass is 32.2. The van der Waals surface area contributed by atoms with E-state index in [1.165, 1.54) is 101 Å². The average Bonchev–Trinajstić information content (AvgIpc) is 3.19. The van der Waals surface area contributed by atoms with Crippen LogP contribution >= 0.6 is 0 Å². The van der Waals surface area contributed by atoms with Gasteiger partial charge in [0.05, 0.1) is 17.3 Å². The lowest BCUT2D eigenvalue weighted by Crippen LogP contribution is -2.45. The molecule has 6 rings (SSSR count). The first-order valence-corrected chi connectivity index (χ1v) is 17.7. The van der Waals surface area contributed by atoms with E-state index in [1.54, 1.807) is 0 Å². The van der Waals surface area contributed by atoms with Crippen molar-refractivity contribution in [2.45, 2.75) is 89.1 Å². The molecule has 7 nitrogen and oxygen atoms in total. The third-order valence-corrected chi connectivity index (χ3v) is 11.0. The summed E-state index contributed by atoms with van der Waals surface area (Å²) in [5.41, 5.74) is 2.44. The molecule has 0 radical (unpaired) electrons. The summed E-state index contributed by atoms with van der Waals surface area (Å²) in [5, 5.41) is 0. The molecule has 0 spiro atoms. The fraction of sp³-hybridized carbons (Fsp3) is 0.774. The number of imidazole rings is 1. The SMILES string of the molecule is CS(=O)(=O)NCCN1CCC[C@@H](Cc2nc3ccccc3n2C2CCN([C@@H]3C[C@@H]4CCCC[C@@H](C4)C3)CC2)C1. The summed E-state index contributed by atoms with van der Waals surface area (Å²) in [6.45, 7) is 5.81. The molecule has 8 heteroatoms. The fourth-order valence-electron chi connectivity index (χ4n) is 8.49. The Balaban J connectivity index is 1.11. The van der Waals surface area contributed by atoms with Crippen LogP contribution in [0.5, 0.6) is 0 Å². The van der Waals surface area contributed by atoms with Gasteiger partial charge in [-0.1, -0.05) is 37.8 Å². The second-order valence-corrected chi connectivity index (χ2v) is 15.0. The van der Waals surface area contributed by atoms with Crippen LogP contribution < -0.4 is 4.72 Å². The number of hydrogen-bond donors (Lipinski definition) is 1. The molecule has 0 amide bonds. The molecule has 4 atom stereocenters. The predicted octanol–water partition coefficient (Wildman–Crippen LogP) is 4.84. The second-order valence-electron chi connectivity index (χ2n) is 13.2. The Morgan fingerprint density at radius 2 is 1.64 bits per heavy atom. The number of nitrogens with one attached hydrogen (secondary N) is 1. The van der Waals surface area contributed by atoms with E-state index in [9.17, 15) is 8.42 Å². The summed E-state index contributed by atoms with van der Waals surface area (Å²) >= 11 is 0. The topological polar surface area (TPSA) is 70.5 Å². The van der Waals surface area contributed by atoms with Crippen molar-refractivity contribution in [1.29, 1.82) is 0 Å². The molecule has 2 aliphatic carbocycles. The maximum Gasteiger partial charge on any atom is 0.208 e. The van der Waals surface area contributed by atoms with Crippen molar-refractivity contribution < 1.29 is 8.42 Å². The first kappa shape index (κ1) is 27.7. The molecule has 2 saturated heterocycles. The number of para-hydroxylation sites is 2. The number of benzene rings is 1. The van der Waals surface area contributed by atoms with Crippen LogP contribution in [0.3, 0.4) is 0 Å². The summed E-state index contributed by atoms with van der Waals surface area (Å²) in [6, 6.07) is 10.1. The molecule has 2 aromatic rings. The van der Waals surface area contributed by atoms with Crippen LogP contribution in [0.2, 0.25) is 0 Å². The van der Waals surface area contributed by atoms with Gasteiger partial charge in [-0.2, -0.15) is 0 Å². The minimum absolute atomic E-state index is 0.491. The monoisotopic (exact) mass is 555 g/mol. The third kappa shape index (κ3) is 6.88. The van der Waals surface area contributed by atoms with E-state index in [2.05, 4.69) is 43.4 Å². The Kier molecular flexibility index (Phi) is 8.64. The second kappa shape index (κ2) is 12.2. The molecule has 0 unspecified atom stereocenters. The van der Waals surface area contributed by atoms with Crippen LogP contribution in [-0.4, -0.2) is 79.3 Å². The minimum atomic E-state index is -3.13. The van der Waals surface area contributed by atoms with Gasteiger partial charge in [0.1, 0.15) is 5.82 Å². The lowest BCUT2D eigenvalue weighted by molar-refractivity contribution is 0.0711. The standard InChI is InChI=1S/C31H49N5O2S/c1-39(37,38)32-14-18-34-15-6-9-26(23-34)22-31-33-29-10-4-5-11-30(29)36(31)27-12-16-35(17-13-27)28-20-24-7-2-3-8-25(19-24)21-28/h4-5,10-11,24-28,32H,2-3,6-9,12-23H2,1H3/t24-,25+,26-,28-/m0/s1. The summed E-state index contributed by atoms with van der Waals surface area (Å²) in [6.07, 6.45) is 17.4. The molecule has 4 fully saturated rings.